The highest BCUT2D eigenvalue weighted by atomic mass is 32.1. The lowest BCUT2D eigenvalue weighted by atomic mass is 9.88. The first kappa shape index (κ1) is 15.0. The Labute approximate surface area is 133 Å². The Morgan fingerprint density at radius 3 is 2.95 bits per heavy atom. The summed E-state index contributed by atoms with van der Waals surface area (Å²) >= 11 is 1.59. The van der Waals surface area contributed by atoms with Gasteiger partial charge in [0.1, 0.15) is 0 Å². The van der Waals surface area contributed by atoms with E-state index in [0.717, 1.165) is 10.7 Å². The molecule has 2 amide bonds. The van der Waals surface area contributed by atoms with E-state index in [0.29, 0.717) is 13.0 Å². The number of aromatic nitrogens is 2. The molecule has 1 fully saturated rings. The number of likely N-dealkylation sites (tertiary alicyclic amines) is 1. The summed E-state index contributed by atoms with van der Waals surface area (Å²) in [6.45, 7) is 4.41. The van der Waals surface area contributed by atoms with Crippen molar-refractivity contribution in [3.05, 3.63) is 23.5 Å². The molecule has 3 rings (SSSR count). The van der Waals surface area contributed by atoms with Crippen LogP contribution >= 0.6 is 11.3 Å². The van der Waals surface area contributed by atoms with Gasteiger partial charge in [0.25, 0.3) is 0 Å². The summed E-state index contributed by atoms with van der Waals surface area (Å²) in [6, 6.07) is 0. The highest BCUT2D eigenvalue weighted by Crippen LogP contribution is 2.34. The molecule has 0 aromatic carbocycles. The normalized spacial score (nSPS) is 20.8. The summed E-state index contributed by atoms with van der Waals surface area (Å²) in [5.74, 6) is -0.321. The number of nitrogens with zero attached hydrogens (tertiary/aromatic N) is 3. The lowest BCUT2D eigenvalue weighted by molar-refractivity contribution is -0.128. The molecule has 118 valence electrons. The number of thiazole rings is 1. The maximum atomic E-state index is 12.4. The van der Waals surface area contributed by atoms with Crippen LogP contribution in [0, 0.1) is 5.92 Å². The Bertz CT molecular complexity index is 690. The molecular formula is C15H20N4O2S. The van der Waals surface area contributed by atoms with Crippen LogP contribution in [-0.2, 0) is 16.0 Å². The monoisotopic (exact) mass is 320 g/mol. The SMILES string of the molecule is CN1C(=O)C[C@H](C(=O)NCCc2cn3ccsc3n2)C1(C)C. The molecule has 0 unspecified atom stereocenters. The zero-order chi connectivity index (χ0) is 15.9. The summed E-state index contributed by atoms with van der Waals surface area (Å²) in [6.07, 6.45) is 4.93. The van der Waals surface area contributed by atoms with Gasteiger partial charge < -0.3 is 10.2 Å². The molecule has 1 aliphatic rings. The molecule has 1 aliphatic heterocycles. The summed E-state index contributed by atoms with van der Waals surface area (Å²) < 4.78 is 1.98. The smallest absolute Gasteiger partial charge is 0.226 e. The number of imidazole rings is 1. The van der Waals surface area contributed by atoms with E-state index in [1.807, 2.05) is 36.0 Å². The third-order valence-corrected chi connectivity index (χ3v) is 5.38. The third-order valence-electron chi connectivity index (χ3n) is 4.61. The van der Waals surface area contributed by atoms with Crippen molar-refractivity contribution in [3.8, 4) is 0 Å². The average Bonchev–Trinajstić information content (AvgIpc) is 3.08. The molecule has 22 heavy (non-hydrogen) atoms. The van der Waals surface area contributed by atoms with Crippen LogP contribution < -0.4 is 5.32 Å². The van der Waals surface area contributed by atoms with Crippen LogP contribution in [0.3, 0.4) is 0 Å². The number of rotatable bonds is 4. The van der Waals surface area contributed by atoms with Crippen molar-refractivity contribution in [2.75, 3.05) is 13.6 Å². The molecule has 6 nitrogen and oxygen atoms in total. The number of nitrogens with one attached hydrogen (secondary N) is 1. The topological polar surface area (TPSA) is 66.7 Å². The summed E-state index contributed by atoms with van der Waals surface area (Å²) in [4.78, 5) is 31.3. The van der Waals surface area contributed by atoms with Crippen molar-refractivity contribution < 1.29 is 9.59 Å². The molecular weight excluding hydrogens is 300 g/mol. The van der Waals surface area contributed by atoms with Gasteiger partial charge in [0.15, 0.2) is 4.96 Å². The Morgan fingerprint density at radius 1 is 1.55 bits per heavy atom. The van der Waals surface area contributed by atoms with Crippen LogP contribution in [-0.4, -0.2) is 45.2 Å². The van der Waals surface area contributed by atoms with Crippen LogP contribution in [0.25, 0.3) is 4.96 Å². The lowest BCUT2D eigenvalue weighted by Gasteiger charge is -2.32. The van der Waals surface area contributed by atoms with Gasteiger partial charge in [0.2, 0.25) is 11.8 Å². The summed E-state index contributed by atoms with van der Waals surface area (Å²) in [7, 11) is 1.76. The van der Waals surface area contributed by atoms with Crippen LogP contribution in [0.2, 0.25) is 0 Å². The predicted molar refractivity (Wildman–Crippen MR) is 84.7 cm³/mol. The molecule has 1 atom stereocenters. The fourth-order valence-electron chi connectivity index (χ4n) is 2.86. The van der Waals surface area contributed by atoms with Crippen molar-refractivity contribution in [1.82, 2.24) is 19.6 Å². The number of carbonyl (C=O) groups is 2. The Morgan fingerprint density at radius 2 is 2.32 bits per heavy atom. The van der Waals surface area contributed by atoms with E-state index in [1.165, 1.54) is 0 Å². The highest BCUT2D eigenvalue weighted by Gasteiger charge is 2.47. The minimum atomic E-state index is -0.432. The molecule has 1 N–H and O–H groups in total. The molecule has 1 saturated heterocycles. The summed E-state index contributed by atoms with van der Waals surface area (Å²) in [5, 5.41) is 4.93. The number of carbonyl (C=O) groups excluding carboxylic acids is 2. The Hall–Kier alpha value is -1.89. The highest BCUT2D eigenvalue weighted by molar-refractivity contribution is 7.15. The Balaban J connectivity index is 1.56. The van der Waals surface area contributed by atoms with E-state index in [9.17, 15) is 9.59 Å². The van der Waals surface area contributed by atoms with E-state index >= 15 is 0 Å². The molecule has 0 spiro atoms. The fourth-order valence-corrected chi connectivity index (χ4v) is 3.58. The molecule has 2 aromatic rings. The second kappa shape index (κ2) is 5.39. The summed E-state index contributed by atoms with van der Waals surface area (Å²) in [5.41, 5.74) is 0.532. The molecule has 7 heteroatoms. The quantitative estimate of drug-likeness (QED) is 0.924. The molecule has 0 aliphatic carbocycles. The first-order valence-corrected chi connectivity index (χ1v) is 8.23. The van der Waals surface area contributed by atoms with Gasteiger partial charge >= 0.3 is 0 Å². The zero-order valence-corrected chi connectivity index (χ0v) is 13.8. The largest absolute Gasteiger partial charge is 0.355 e. The third kappa shape index (κ3) is 2.49. The molecule has 2 aromatic heterocycles. The van der Waals surface area contributed by atoms with Gasteiger partial charge in [0, 0.05) is 49.7 Å². The van der Waals surface area contributed by atoms with Gasteiger partial charge in [0.05, 0.1) is 11.6 Å². The number of fused-ring (bicyclic) bond motifs is 1. The van der Waals surface area contributed by atoms with Crippen LogP contribution in [0.5, 0.6) is 0 Å². The lowest BCUT2D eigenvalue weighted by Crippen LogP contribution is -2.47. The first-order valence-electron chi connectivity index (χ1n) is 7.35. The average molecular weight is 320 g/mol. The van der Waals surface area contributed by atoms with E-state index < -0.39 is 5.54 Å². The van der Waals surface area contributed by atoms with Crippen molar-refractivity contribution in [2.24, 2.45) is 5.92 Å². The zero-order valence-electron chi connectivity index (χ0n) is 13.0. The molecule has 0 saturated carbocycles. The number of amides is 2. The molecule has 3 heterocycles. The van der Waals surface area contributed by atoms with Gasteiger partial charge in [-0.2, -0.15) is 0 Å². The fraction of sp³-hybridized carbons (Fsp3) is 0.533. The first-order chi connectivity index (χ1) is 10.4. The van der Waals surface area contributed by atoms with E-state index in [2.05, 4.69) is 10.3 Å². The van der Waals surface area contributed by atoms with Crippen molar-refractivity contribution in [1.29, 1.82) is 0 Å². The van der Waals surface area contributed by atoms with E-state index in [4.69, 9.17) is 0 Å². The van der Waals surface area contributed by atoms with Gasteiger partial charge in [-0.3, -0.25) is 14.0 Å². The Kier molecular flexibility index (Phi) is 3.68. The van der Waals surface area contributed by atoms with Crippen LogP contribution in [0.1, 0.15) is 26.0 Å². The maximum Gasteiger partial charge on any atom is 0.226 e. The standard InChI is InChI=1S/C15H20N4O2S/c1-15(2)11(8-12(20)18(15)3)13(21)16-5-4-10-9-19-6-7-22-14(19)17-10/h6-7,9,11H,4-5,8H2,1-3H3,(H,16,21)/t11-/m1/s1. The van der Waals surface area contributed by atoms with Crippen LogP contribution in [0.15, 0.2) is 17.8 Å². The number of hydrogen-bond acceptors (Lipinski definition) is 4. The van der Waals surface area contributed by atoms with Gasteiger partial charge in [-0.25, -0.2) is 4.98 Å². The number of hydrogen-bond donors (Lipinski definition) is 1. The second-order valence-electron chi connectivity index (χ2n) is 6.23. The van der Waals surface area contributed by atoms with Gasteiger partial charge in [-0.15, -0.1) is 11.3 Å². The van der Waals surface area contributed by atoms with Crippen molar-refractivity contribution in [2.45, 2.75) is 32.2 Å². The van der Waals surface area contributed by atoms with Crippen LogP contribution in [0.4, 0.5) is 0 Å². The minimum Gasteiger partial charge on any atom is -0.355 e. The molecule has 0 radical (unpaired) electrons. The van der Waals surface area contributed by atoms with Crippen molar-refractivity contribution in [3.63, 3.8) is 0 Å². The van der Waals surface area contributed by atoms with Gasteiger partial charge in [-0.1, -0.05) is 0 Å². The maximum absolute atomic E-state index is 12.4. The van der Waals surface area contributed by atoms with E-state index in [1.54, 1.807) is 23.3 Å². The molecule has 0 bridgehead atoms. The van der Waals surface area contributed by atoms with E-state index in [-0.39, 0.29) is 24.2 Å². The predicted octanol–water partition coefficient (Wildman–Crippen LogP) is 1.31. The van der Waals surface area contributed by atoms with Gasteiger partial charge in [-0.05, 0) is 13.8 Å². The van der Waals surface area contributed by atoms with Crippen molar-refractivity contribution >= 4 is 28.1 Å². The second-order valence-corrected chi connectivity index (χ2v) is 7.10. The minimum absolute atomic E-state index is 0.0273.